The molecule has 1 heterocycles. The second kappa shape index (κ2) is 7.68. The monoisotopic (exact) mass is 357 g/mol. The van der Waals surface area contributed by atoms with Crippen LogP contribution in [0.1, 0.15) is 12.7 Å². The van der Waals surface area contributed by atoms with Crippen LogP contribution in [0.5, 0.6) is 5.75 Å². The predicted molar refractivity (Wildman–Crippen MR) is 98.5 cm³/mol. The van der Waals surface area contributed by atoms with Gasteiger partial charge >= 0.3 is 0 Å². The van der Waals surface area contributed by atoms with Crippen molar-refractivity contribution >= 4 is 11.6 Å². The minimum atomic E-state index is -0.00388. The first-order valence-electron chi connectivity index (χ1n) is 8.02. The fraction of sp³-hybridized carbons (Fsp3) is 0.263. The van der Waals surface area contributed by atoms with Crippen molar-refractivity contribution < 1.29 is 9.47 Å². The minimum absolute atomic E-state index is 0.00388. The standard InChI is InChI=1S/C19H20ClN3O2/c1-13(12-24-3)25-18-10-4-15(5-11-18)19-22-21-14(2)23(19)17-8-6-16(20)7-9-17/h4-11,13H,12H2,1-3H3/t13-/m0/s1. The summed E-state index contributed by atoms with van der Waals surface area (Å²) in [6.45, 7) is 4.44. The third-order valence-corrected chi connectivity index (χ3v) is 4.01. The number of ether oxygens (including phenoxy) is 2. The summed E-state index contributed by atoms with van der Waals surface area (Å²) in [6.07, 6.45) is -0.00388. The molecule has 0 radical (unpaired) electrons. The molecule has 1 atom stereocenters. The maximum absolute atomic E-state index is 5.99. The Morgan fingerprint density at radius 3 is 2.36 bits per heavy atom. The van der Waals surface area contributed by atoms with Gasteiger partial charge in [0.05, 0.1) is 6.61 Å². The van der Waals surface area contributed by atoms with Crippen molar-refractivity contribution in [2.24, 2.45) is 0 Å². The molecule has 0 aliphatic heterocycles. The summed E-state index contributed by atoms with van der Waals surface area (Å²) in [5.74, 6) is 2.38. The highest BCUT2D eigenvalue weighted by Gasteiger charge is 2.13. The molecule has 0 fully saturated rings. The Hall–Kier alpha value is -2.37. The molecule has 0 saturated heterocycles. The number of hydrogen-bond donors (Lipinski definition) is 0. The summed E-state index contributed by atoms with van der Waals surface area (Å²) in [7, 11) is 1.66. The lowest BCUT2D eigenvalue weighted by Gasteiger charge is -2.14. The number of aryl methyl sites for hydroxylation is 1. The van der Waals surface area contributed by atoms with Gasteiger partial charge in [-0.2, -0.15) is 0 Å². The van der Waals surface area contributed by atoms with E-state index in [1.807, 2.05) is 66.9 Å². The Labute approximate surface area is 152 Å². The number of rotatable bonds is 6. The number of aromatic nitrogens is 3. The zero-order chi connectivity index (χ0) is 17.8. The fourth-order valence-electron chi connectivity index (χ4n) is 2.63. The predicted octanol–water partition coefficient (Wildman–Crippen LogP) is 4.31. The van der Waals surface area contributed by atoms with Crippen molar-refractivity contribution in [1.29, 1.82) is 0 Å². The average Bonchev–Trinajstić information content (AvgIpc) is 2.98. The van der Waals surface area contributed by atoms with E-state index in [1.54, 1.807) is 7.11 Å². The molecule has 6 heteroatoms. The number of hydrogen-bond acceptors (Lipinski definition) is 4. The number of benzene rings is 2. The van der Waals surface area contributed by atoms with Gasteiger partial charge in [-0.25, -0.2) is 0 Å². The zero-order valence-electron chi connectivity index (χ0n) is 14.4. The third-order valence-electron chi connectivity index (χ3n) is 3.76. The van der Waals surface area contributed by atoms with Gasteiger partial charge in [-0.15, -0.1) is 10.2 Å². The van der Waals surface area contributed by atoms with Gasteiger partial charge in [0.2, 0.25) is 0 Å². The molecule has 0 bridgehead atoms. The van der Waals surface area contributed by atoms with E-state index in [9.17, 15) is 0 Å². The van der Waals surface area contributed by atoms with Crippen LogP contribution in [0.2, 0.25) is 5.02 Å². The van der Waals surface area contributed by atoms with E-state index in [4.69, 9.17) is 21.1 Å². The molecule has 1 aromatic heterocycles. The molecule has 0 spiro atoms. The Bertz CT molecular complexity index is 829. The van der Waals surface area contributed by atoms with Crippen molar-refractivity contribution in [3.63, 3.8) is 0 Å². The molecule has 25 heavy (non-hydrogen) atoms. The van der Waals surface area contributed by atoms with Crippen LogP contribution in [0.4, 0.5) is 0 Å². The molecule has 0 saturated carbocycles. The van der Waals surface area contributed by atoms with Gasteiger partial charge in [-0.1, -0.05) is 11.6 Å². The molecule has 2 aromatic carbocycles. The number of methoxy groups -OCH3 is 1. The van der Waals surface area contributed by atoms with Crippen molar-refractivity contribution in [2.45, 2.75) is 20.0 Å². The smallest absolute Gasteiger partial charge is 0.168 e. The summed E-state index contributed by atoms with van der Waals surface area (Å²) >= 11 is 5.99. The Balaban J connectivity index is 1.89. The average molecular weight is 358 g/mol. The minimum Gasteiger partial charge on any atom is -0.488 e. The summed E-state index contributed by atoms with van der Waals surface area (Å²) < 4.78 is 12.9. The van der Waals surface area contributed by atoms with Crippen LogP contribution in [0.15, 0.2) is 48.5 Å². The first kappa shape index (κ1) is 17.5. The van der Waals surface area contributed by atoms with Crippen molar-refractivity contribution in [2.75, 3.05) is 13.7 Å². The van der Waals surface area contributed by atoms with Gasteiger partial charge in [-0.3, -0.25) is 4.57 Å². The largest absolute Gasteiger partial charge is 0.488 e. The second-order valence-electron chi connectivity index (χ2n) is 5.79. The zero-order valence-corrected chi connectivity index (χ0v) is 15.2. The summed E-state index contributed by atoms with van der Waals surface area (Å²) in [4.78, 5) is 0. The van der Waals surface area contributed by atoms with Crippen LogP contribution >= 0.6 is 11.6 Å². The maximum Gasteiger partial charge on any atom is 0.168 e. The van der Waals surface area contributed by atoms with Crippen LogP contribution in [0.25, 0.3) is 17.1 Å². The first-order chi connectivity index (χ1) is 12.1. The summed E-state index contributed by atoms with van der Waals surface area (Å²) in [5, 5.41) is 9.24. The van der Waals surface area contributed by atoms with Crippen LogP contribution in [-0.2, 0) is 4.74 Å². The van der Waals surface area contributed by atoms with E-state index >= 15 is 0 Å². The molecule has 130 valence electrons. The number of halogens is 1. The molecular formula is C19H20ClN3O2. The highest BCUT2D eigenvalue weighted by molar-refractivity contribution is 6.30. The SMILES string of the molecule is COC[C@H](C)Oc1ccc(-c2nnc(C)n2-c2ccc(Cl)cc2)cc1. The molecule has 0 unspecified atom stereocenters. The first-order valence-corrected chi connectivity index (χ1v) is 8.40. The van der Waals surface area contributed by atoms with Gasteiger partial charge in [0.15, 0.2) is 5.82 Å². The molecule has 0 amide bonds. The lowest BCUT2D eigenvalue weighted by Crippen LogP contribution is -2.17. The van der Waals surface area contributed by atoms with Gasteiger partial charge in [0.25, 0.3) is 0 Å². The lowest BCUT2D eigenvalue weighted by molar-refractivity contribution is 0.0921. The van der Waals surface area contributed by atoms with Gasteiger partial charge < -0.3 is 9.47 Å². The summed E-state index contributed by atoms with van der Waals surface area (Å²) in [6, 6.07) is 15.4. The molecule has 0 aliphatic carbocycles. The van der Waals surface area contributed by atoms with E-state index in [0.717, 1.165) is 28.6 Å². The Morgan fingerprint density at radius 2 is 1.72 bits per heavy atom. The Kier molecular flexibility index (Phi) is 5.36. The lowest BCUT2D eigenvalue weighted by atomic mass is 10.2. The summed E-state index contributed by atoms with van der Waals surface area (Å²) in [5.41, 5.74) is 1.93. The van der Waals surface area contributed by atoms with Crippen LogP contribution in [0.3, 0.4) is 0 Å². The quantitative estimate of drug-likeness (QED) is 0.659. The van der Waals surface area contributed by atoms with E-state index in [-0.39, 0.29) is 6.10 Å². The number of nitrogens with zero attached hydrogens (tertiary/aromatic N) is 3. The van der Waals surface area contributed by atoms with E-state index in [0.29, 0.717) is 11.6 Å². The highest BCUT2D eigenvalue weighted by atomic mass is 35.5. The van der Waals surface area contributed by atoms with Gasteiger partial charge in [0, 0.05) is 23.4 Å². The normalized spacial score (nSPS) is 12.2. The third kappa shape index (κ3) is 4.00. The molecule has 3 aromatic rings. The molecule has 5 nitrogen and oxygen atoms in total. The highest BCUT2D eigenvalue weighted by Crippen LogP contribution is 2.25. The molecular weight excluding hydrogens is 338 g/mol. The van der Waals surface area contributed by atoms with Crippen molar-refractivity contribution in [3.8, 4) is 22.8 Å². The molecule has 0 N–H and O–H groups in total. The molecule has 0 aliphatic rings. The molecule has 3 rings (SSSR count). The fourth-order valence-corrected chi connectivity index (χ4v) is 2.76. The Morgan fingerprint density at radius 1 is 1.04 bits per heavy atom. The van der Waals surface area contributed by atoms with E-state index in [1.165, 1.54) is 0 Å². The van der Waals surface area contributed by atoms with Crippen molar-refractivity contribution in [1.82, 2.24) is 14.8 Å². The van der Waals surface area contributed by atoms with E-state index in [2.05, 4.69) is 10.2 Å². The van der Waals surface area contributed by atoms with Crippen LogP contribution in [0, 0.1) is 6.92 Å². The second-order valence-corrected chi connectivity index (χ2v) is 6.23. The maximum atomic E-state index is 5.99. The van der Waals surface area contributed by atoms with Gasteiger partial charge in [0.1, 0.15) is 17.7 Å². The topological polar surface area (TPSA) is 49.2 Å². The van der Waals surface area contributed by atoms with E-state index < -0.39 is 0 Å². The van der Waals surface area contributed by atoms with Gasteiger partial charge in [-0.05, 0) is 62.4 Å². The van der Waals surface area contributed by atoms with Crippen molar-refractivity contribution in [3.05, 3.63) is 59.4 Å². The van der Waals surface area contributed by atoms with Crippen LogP contribution < -0.4 is 4.74 Å². The van der Waals surface area contributed by atoms with Crippen LogP contribution in [-0.4, -0.2) is 34.6 Å².